The van der Waals surface area contributed by atoms with E-state index in [0.717, 1.165) is 26.1 Å². The van der Waals surface area contributed by atoms with E-state index < -0.39 is 0 Å². The van der Waals surface area contributed by atoms with E-state index in [-0.39, 0.29) is 5.92 Å². The first-order valence-corrected chi connectivity index (χ1v) is 4.30. The van der Waals surface area contributed by atoms with Crippen molar-refractivity contribution in [3.8, 4) is 0 Å². The fourth-order valence-electron chi connectivity index (χ4n) is 2.05. The SMILES string of the molecule is C[C@@H]1C[C@@H]2CNCCN2C1=O. The minimum Gasteiger partial charge on any atom is -0.337 e. The van der Waals surface area contributed by atoms with Crippen molar-refractivity contribution in [3.05, 3.63) is 0 Å². The van der Waals surface area contributed by atoms with E-state index in [0.29, 0.717) is 11.9 Å². The third-order valence-electron chi connectivity index (χ3n) is 2.68. The number of hydrogen-bond donors (Lipinski definition) is 1. The molecule has 2 fully saturated rings. The minimum atomic E-state index is 0.264. The topological polar surface area (TPSA) is 32.3 Å². The van der Waals surface area contributed by atoms with E-state index in [1.807, 2.05) is 11.8 Å². The highest BCUT2D eigenvalue weighted by Gasteiger charge is 2.37. The summed E-state index contributed by atoms with van der Waals surface area (Å²) in [6.45, 7) is 4.90. The third kappa shape index (κ3) is 1.03. The Morgan fingerprint density at radius 1 is 1.64 bits per heavy atom. The number of nitrogens with zero attached hydrogens (tertiary/aromatic N) is 1. The van der Waals surface area contributed by atoms with Crippen LogP contribution in [0, 0.1) is 5.92 Å². The Bertz CT molecular complexity index is 181. The summed E-state index contributed by atoms with van der Waals surface area (Å²) in [5.41, 5.74) is 0. The van der Waals surface area contributed by atoms with Crippen LogP contribution >= 0.6 is 0 Å². The van der Waals surface area contributed by atoms with Gasteiger partial charge in [0, 0.05) is 31.6 Å². The van der Waals surface area contributed by atoms with Crippen LogP contribution in [0.1, 0.15) is 13.3 Å². The van der Waals surface area contributed by atoms with Crippen LogP contribution in [0.2, 0.25) is 0 Å². The van der Waals surface area contributed by atoms with E-state index >= 15 is 0 Å². The second-order valence-corrected chi connectivity index (χ2v) is 3.53. The molecule has 2 saturated heterocycles. The van der Waals surface area contributed by atoms with Crippen LogP contribution in [-0.2, 0) is 4.79 Å². The summed E-state index contributed by atoms with van der Waals surface area (Å²) >= 11 is 0. The highest BCUT2D eigenvalue weighted by Crippen LogP contribution is 2.24. The summed E-state index contributed by atoms with van der Waals surface area (Å²) in [7, 11) is 0. The summed E-state index contributed by atoms with van der Waals surface area (Å²) in [4.78, 5) is 13.5. The first-order chi connectivity index (χ1) is 5.29. The number of nitrogens with one attached hydrogen (secondary N) is 1. The van der Waals surface area contributed by atoms with Crippen LogP contribution in [0.5, 0.6) is 0 Å². The van der Waals surface area contributed by atoms with E-state index in [2.05, 4.69) is 5.32 Å². The lowest BCUT2D eigenvalue weighted by atomic mass is 10.1. The van der Waals surface area contributed by atoms with Gasteiger partial charge in [0.15, 0.2) is 0 Å². The zero-order valence-corrected chi connectivity index (χ0v) is 6.84. The van der Waals surface area contributed by atoms with E-state index in [4.69, 9.17) is 0 Å². The number of fused-ring (bicyclic) bond motifs is 1. The molecule has 1 amide bonds. The van der Waals surface area contributed by atoms with Gasteiger partial charge in [-0.1, -0.05) is 6.92 Å². The Kier molecular flexibility index (Phi) is 1.60. The average molecular weight is 154 g/mol. The van der Waals surface area contributed by atoms with Crippen molar-refractivity contribution in [2.75, 3.05) is 19.6 Å². The van der Waals surface area contributed by atoms with Gasteiger partial charge in [-0.15, -0.1) is 0 Å². The number of rotatable bonds is 0. The normalized spacial score (nSPS) is 37.5. The Morgan fingerprint density at radius 3 is 3.18 bits per heavy atom. The second-order valence-electron chi connectivity index (χ2n) is 3.53. The molecule has 0 radical (unpaired) electrons. The minimum absolute atomic E-state index is 0.264. The molecular formula is C8H14N2O. The van der Waals surface area contributed by atoms with Gasteiger partial charge in [0.25, 0.3) is 0 Å². The van der Waals surface area contributed by atoms with Gasteiger partial charge in [0.2, 0.25) is 5.91 Å². The van der Waals surface area contributed by atoms with Crippen molar-refractivity contribution in [1.82, 2.24) is 10.2 Å². The average Bonchev–Trinajstić information content (AvgIpc) is 2.30. The van der Waals surface area contributed by atoms with Crippen molar-refractivity contribution in [3.63, 3.8) is 0 Å². The number of hydrogen-bond acceptors (Lipinski definition) is 2. The van der Waals surface area contributed by atoms with Crippen molar-refractivity contribution in [2.45, 2.75) is 19.4 Å². The summed E-state index contributed by atoms with van der Waals surface area (Å²) in [6.07, 6.45) is 1.05. The molecule has 11 heavy (non-hydrogen) atoms. The number of carbonyl (C=O) groups excluding carboxylic acids is 1. The number of amides is 1. The molecule has 2 heterocycles. The standard InChI is InChI=1S/C8H14N2O/c1-6-4-7-5-9-2-3-10(7)8(6)11/h6-7,9H,2-5H2,1H3/t6-,7-/m1/s1. The van der Waals surface area contributed by atoms with Crippen LogP contribution in [0.3, 0.4) is 0 Å². The fraction of sp³-hybridized carbons (Fsp3) is 0.875. The highest BCUT2D eigenvalue weighted by atomic mass is 16.2. The Balaban J connectivity index is 2.11. The molecule has 0 aromatic rings. The zero-order chi connectivity index (χ0) is 7.84. The predicted octanol–water partition coefficient (Wildman–Crippen LogP) is -0.173. The maximum Gasteiger partial charge on any atom is 0.225 e. The summed E-state index contributed by atoms with van der Waals surface area (Å²) in [5, 5.41) is 3.30. The molecule has 2 aliphatic rings. The van der Waals surface area contributed by atoms with Gasteiger partial charge < -0.3 is 10.2 Å². The maximum absolute atomic E-state index is 11.4. The van der Waals surface area contributed by atoms with Gasteiger partial charge in [0.1, 0.15) is 0 Å². The van der Waals surface area contributed by atoms with Gasteiger partial charge in [-0.05, 0) is 6.42 Å². The van der Waals surface area contributed by atoms with E-state index in [9.17, 15) is 4.79 Å². The lowest BCUT2D eigenvalue weighted by Crippen LogP contribution is -2.49. The molecule has 0 aromatic heterocycles. The Morgan fingerprint density at radius 2 is 2.45 bits per heavy atom. The van der Waals surface area contributed by atoms with Crippen LogP contribution in [0.25, 0.3) is 0 Å². The van der Waals surface area contributed by atoms with Gasteiger partial charge in [0.05, 0.1) is 0 Å². The van der Waals surface area contributed by atoms with Gasteiger partial charge in [-0.2, -0.15) is 0 Å². The molecule has 0 spiro atoms. The van der Waals surface area contributed by atoms with Crippen LogP contribution < -0.4 is 5.32 Å². The van der Waals surface area contributed by atoms with E-state index in [1.54, 1.807) is 0 Å². The van der Waals surface area contributed by atoms with Crippen LogP contribution in [-0.4, -0.2) is 36.5 Å². The molecule has 2 atom stereocenters. The molecule has 0 aliphatic carbocycles. The Hall–Kier alpha value is -0.570. The molecule has 3 nitrogen and oxygen atoms in total. The van der Waals surface area contributed by atoms with Gasteiger partial charge in [-0.3, -0.25) is 4.79 Å². The molecule has 3 heteroatoms. The summed E-state index contributed by atoms with van der Waals surface area (Å²) < 4.78 is 0. The molecule has 0 unspecified atom stereocenters. The predicted molar refractivity (Wildman–Crippen MR) is 42.2 cm³/mol. The number of carbonyl (C=O) groups is 1. The molecule has 0 saturated carbocycles. The molecule has 2 rings (SSSR count). The molecule has 1 N–H and O–H groups in total. The van der Waals surface area contributed by atoms with Crippen molar-refractivity contribution >= 4 is 5.91 Å². The molecule has 62 valence electrons. The number of piperazine rings is 1. The zero-order valence-electron chi connectivity index (χ0n) is 6.84. The van der Waals surface area contributed by atoms with Crippen molar-refractivity contribution < 1.29 is 4.79 Å². The molecule has 0 aromatic carbocycles. The lowest BCUT2D eigenvalue weighted by molar-refractivity contribution is -0.132. The summed E-state index contributed by atoms with van der Waals surface area (Å²) in [6, 6.07) is 0.492. The van der Waals surface area contributed by atoms with Gasteiger partial charge >= 0.3 is 0 Å². The molecule has 0 bridgehead atoms. The quantitative estimate of drug-likeness (QED) is 0.525. The van der Waals surface area contributed by atoms with Gasteiger partial charge in [-0.25, -0.2) is 0 Å². The largest absolute Gasteiger partial charge is 0.337 e. The monoisotopic (exact) mass is 154 g/mol. The highest BCUT2D eigenvalue weighted by molar-refractivity contribution is 5.81. The van der Waals surface area contributed by atoms with Crippen molar-refractivity contribution in [1.29, 1.82) is 0 Å². The molecular weight excluding hydrogens is 140 g/mol. The third-order valence-corrected chi connectivity index (χ3v) is 2.68. The van der Waals surface area contributed by atoms with Crippen LogP contribution in [0.4, 0.5) is 0 Å². The smallest absolute Gasteiger partial charge is 0.225 e. The van der Waals surface area contributed by atoms with E-state index in [1.165, 1.54) is 0 Å². The first kappa shape index (κ1) is 7.10. The van der Waals surface area contributed by atoms with Crippen LogP contribution in [0.15, 0.2) is 0 Å². The second kappa shape index (κ2) is 2.48. The lowest BCUT2D eigenvalue weighted by Gasteiger charge is -2.29. The first-order valence-electron chi connectivity index (χ1n) is 4.30. The molecule has 2 aliphatic heterocycles. The van der Waals surface area contributed by atoms with Crippen molar-refractivity contribution in [2.24, 2.45) is 5.92 Å². The maximum atomic E-state index is 11.4. The Labute approximate surface area is 66.8 Å². The fourth-order valence-corrected chi connectivity index (χ4v) is 2.05. The summed E-state index contributed by atoms with van der Waals surface area (Å²) in [5.74, 6) is 0.622.